The van der Waals surface area contributed by atoms with Crippen molar-refractivity contribution in [1.82, 2.24) is 9.21 Å². The molecule has 7 heteroatoms. The van der Waals surface area contributed by atoms with Gasteiger partial charge in [0.25, 0.3) is 0 Å². The van der Waals surface area contributed by atoms with E-state index in [0.717, 1.165) is 19.3 Å². The molecule has 2 fully saturated rings. The second-order valence-electron chi connectivity index (χ2n) is 7.23. The number of carbonyl (C=O) groups is 1. The molecule has 1 aromatic rings. The topological polar surface area (TPSA) is 57.7 Å². The zero-order chi connectivity index (χ0) is 18.2. The van der Waals surface area contributed by atoms with Gasteiger partial charge >= 0.3 is 0 Å². The minimum Gasteiger partial charge on any atom is -0.337 e. The predicted molar refractivity (Wildman–Crippen MR) is 97.9 cm³/mol. The number of piperidine rings is 1. The number of halogens is 1. The Labute approximate surface area is 155 Å². The Kier molecular flexibility index (Phi) is 5.42. The van der Waals surface area contributed by atoms with Crippen LogP contribution >= 0.6 is 11.6 Å². The predicted octanol–water partition coefficient (Wildman–Crippen LogP) is 3.14. The molecule has 2 aliphatic rings. The summed E-state index contributed by atoms with van der Waals surface area (Å²) in [7, 11) is -3.59. The van der Waals surface area contributed by atoms with Crippen molar-refractivity contribution in [3.05, 3.63) is 29.3 Å². The van der Waals surface area contributed by atoms with Gasteiger partial charge in [-0.3, -0.25) is 4.79 Å². The van der Waals surface area contributed by atoms with Crippen LogP contribution in [-0.4, -0.2) is 48.7 Å². The largest absolute Gasteiger partial charge is 0.337 e. The summed E-state index contributed by atoms with van der Waals surface area (Å²) in [6, 6.07) is 6.70. The van der Waals surface area contributed by atoms with E-state index in [2.05, 4.69) is 0 Å². The van der Waals surface area contributed by atoms with Crippen molar-refractivity contribution in [3.63, 3.8) is 0 Å². The summed E-state index contributed by atoms with van der Waals surface area (Å²) < 4.78 is 27.2. The van der Waals surface area contributed by atoms with Crippen LogP contribution in [0.25, 0.3) is 0 Å². The van der Waals surface area contributed by atoms with Gasteiger partial charge < -0.3 is 4.90 Å². The minimum atomic E-state index is -3.59. The van der Waals surface area contributed by atoms with Gasteiger partial charge in [-0.1, -0.05) is 11.6 Å². The zero-order valence-electron chi connectivity index (χ0n) is 14.7. The lowest BCUT2D eigenvalue weighted by Crippen LogP contribution is -2.49. The SMILES string of the molecule is CC(C)N(C(=O)C1CCCN(S(=O)(=O)c2ccc(Cl)cc2)C1)C1CC1. The fraction of sp³-hybridized carbons (Fsp3) is 0.611. The highest BCUT2D eigenvalue weighted by Gasteiger charge is 2.40. The van der Waals surface area contributed by atoms with Crippen molar-refractivity contribution < 1.29 is 13.2 Å². The highest BCUT2D eigenvalue weighted by molar-refractivity contribution is 7.89. The first-order chi connectivity index (χ1) is 11.8. The molecule has 25 heavy (non-hydrogen) atoms. The van der Waals surface area contributed by atoms with Crippen molar-refractivity contribution in [2.45, 2.75) is 56.5 Å². The Bertz CT molecular complexity index is 727. The lowest BCUT2D eigenvalue weighted by atomic mass is 9.97. The fourth-order valence-electron chi connectivity index (χ4n) is 3.54. The lowest BCUT2D eigenvalue weighted by Gasteiger charge is -2.36. The van der Waals surface area contributed by atoms with Gasteiger partial charge in [-0.2, -0.15) is 4.31 Å². The van der Waals surface area contributed by atoms with E-state index >= 15 is 0 Å². The third-order valence-electron chi connectivity index (χ3n) is 4.94. The average Bonchev–Trinajstić information content (AvgIpc) is 3.40. The van der Waals surface area contributed by atoms with Gasteiger partial charge in [0.2, 0.25) is 15.9 Å². The fourth-order valence-corrected chi connectivity index (χ4v) is 5.19. The van der Waals surface area contributed by atoms with Crippen molar-refractivity contribution in [2.75, 3.05) is 13.1 Å². The summed E-state index contributed by atoms with van der Waals surface area (Å²) in [4.78, 5) is 15.2. The number of amides is 1. The third kappa shape index (κ3) is 4.01. The molecule has 1 atom stereocenters. The molecule has 1 aliphatic heterocycles. The first-order valence-electron chi connectivity index (χ1n) is 8.88. The highest BCUT2D eigenvalue weighted by Crippen LogP contribution is 2.32. The van der Waals surface area contributed by atoms with Crippen molar-refractivity contribution >= 4 is 27.5 Å². The molecule has 0 N–H and O–H groups in total. The number of sulfonamides is 1. The van der Waals surface area contributed by atoms with E-state index < -0.39 is 10.0 Å². The molecule has 0 bridgehead atoms. The number of hydrogen-bond acceptors (Lipinski definition) is 3. The Hall–Kier alpha value is -1.11. The molecule has 1 unspecified atom stereocenters. The van der Waals surface area contributed by atoms with Crippen LogP contribution < -0.4 is 0 Å². The standard InChI is InChI=1S/C18H25ClN2O3S/c1-13(2)21(16-7-8-16)18(22)14-4-3-11-20(12-14)25(23,24)17-9-5-15(19)6-10-17/h5-6,9-10,13-14,16H,3-4,7-8,11-12H2,1-2H3. The summed E-state index contributed by atoms with van der Waals surface area (Å²) in [6.45, 7) is 4.78. The quantitative estimate of drug-likeness (QED) is 0.783. The molecule has 0 radical (unpaired) electrons. The maximum absolute atomic E-state index is 13.0. The average molecular weight is 385 g/mol. The summed E-state index contributed by atoms with van der Waals surface area (Å²) in [6.07, 6.45) is 3.58. The van der Waals surface area contributed by atoms with Crippen LogP contribution in [0.5, 0.6) is 0 Å². The first kappa shape index (κ1) is 18.7. The smallest absolute Gasteiger partial charge is 0.243 e. The molecule has 1 saturated carbocycles. The summed E-state index contributed by atoms with van der Waals surface area (Å²) in [5.74, 6) is -0.146. The van der Waals surface area contributed by atoms with E-state index in [4.69, 9.17) is 11.6 Å². The van der Waals surface area contributed by atoms with Gasteiger partial charge in [-0.05, 0) is 63.8 Å². The Morgan fingerprint density at radius 2 is 1.84 bits per heavy atom. The van der Waals surface area contributed by atoms with Gasteiger partial charge in [0.05, 0.1) is 10.8 Å². The second kappa shape index (κ2) is 7.25. The number of nitrogens with zero attached hydrogens (tertiary/aromatic N) is 2. The number of rotatable bonds is 5. The molecule has 1 heterocycles. The third-order valence-corrected chi connectivity index (χ3v) is 7.07. The van der Waals surface area contributed by atoms with Gasteiger partial charge in [-0.15, -0.1) is 0 Å². The van der Waals surface area contributed by atoms with Crippen LogP contribution in [0.2, 0.25) is 5.02 Å². The van der Waals surface area contributed by atoms with Gasteiger partial charge in [0.15, 0.2) is 0 Å². The number of hydrogen-bond donors (Lipinski definition) is 0. The molecule has 1 aromatic carbocycles. The number of carbonyl (C=O) groups excluding carboxylic acids is 1. The van der Waals surface area contributed by atoms with Crippen LogP contribution in [0.15, 0.2) is 29.2 Å². The summed E-state index contributed by atoms with van der Waals surface area (Å²) >= 11 is 5.85. The second-order valence-corrected chi connectivity index (χ2v) is 9.60. The maximum atomic E-state index is 13.0. The maximum Gasteiger partial charge on any atom is 0.243 e. The Balaban J connectivity index is 1.76. The van der Waals surface area contributed by atoms with Crippen molar-refractivity contribution in [3.8, 4) is 0 Å². The normalized spacial score (nSPS) is 22.2. The Morgan fingerprint density at radius 1 is 1.20 bits per heavy atom. The molecule has 138 valence electrons. The van der Waals surface area contributed by atoms with Crippen LogP contribution in [0.1, 0.15) is 39.5 Å². The molecule has 1 saturated heterocycles. The summed E-state index contributed by atoms with van der Waals surface area (Å²) in [5.41, 5.74) is 0. The van der Waals surface area contributed by atoms with E-state index in [1.807, 2.05) is 18.7 Å². The van der Waals surface area contributed by atoms with Crippen LogP contribution in [-0.2, 0) is 14.8 Å². The monoisotopic (exact) mass is 384 g/mol. The molecule has 5 nitrogen and oxygen atoms in total. The first-order valence-corrected chi connectivity index (χ1v) is 10.7. The highest BCUT2D eigenvalue weighted by atomic mass is 35.5. The molecule has 3 rings (SSSR count). The number of benzene rings is 1. The van der Waals surface area contributed by atoms with Gasteiger partial charge in [0, 0.05) is 30.2 Å². The molecular formula is C18H25ClN2O3S. The van der Waals surface area contributed by atoms with Crippen molar-refractivity contribution in [1.29, 1.82) is 0 Å². The lowest BCUT2D eigenvalue weighted by molar-refractivity contribution is -0.139. The van der Waals surface area contributed by atoms with Crippen LogP contribution in [0.4, 0.5) is 0 Å². The minimum absolute atomic E-state index is 0.105. The molecule has 1 aliphatic carbocycles. The summed E-state index contributed by atoms with van der Waals surface area (Å²) in [5, 5.41) is 0.502. The van der Waals surface area contributed by atoms with E-state index in [1.54, 1.807) is 12.1 Å². The zero-order valence-corrected chi connectivity index (χ0v) is 16.3. The van der Waals surface area contributed by atoms with Crippen LogP contribution in [0.3, 0.4) is 0 Å². The molecule has 0 spiro atoms. The van der Waals surface area contributed by atoms with E-state index in [0.29, 0.717) is 24.0 Å². The van der Waals surface area contributed by atoms with E-state index in [-0.39, 0.29) is 29.3 Å². The molecular weight excluding hydrogens is 360 g/mol. The molecule has 1 amide bonds. The van der Waals surface area contributed by atoms with Gasteiger partial charge in [0.1, 0.15) is 0 Å². The molecule has 0 aromatic heterocycles. The van der Waals surface area contributed by atoms with Crippen LogP contribution in [0, 0.1) is 5.92 Å². The van der Waals surface area contributed by atoms with E-state index in [1.165, 1.54) is 16.4 Å². The van der Waals surface area contributed by atoms with Gasteiger partial charge in [-0.25, -0.2) is 8.42 Å². The Morgan fingerprint density at radius 3 is 2.40 bits per heavy atom. The van der Waals surface area contributed by atoms with Crippen molar-refractivity contribution in [2.24, 2.45) is 5.92 Å². The van der Waals surface area contributed by atoms with E-state index in [9.17, 15) is 13.2 Å².